The molecule has 0 radical (unpaired) electrons. The van der Waals surface area contributed by atoms with Crippen molar-refractivity contribution in [2.75, 3.05) is 26.8 Å². The second-order valence-corrected chi connectivity index (χ2v) is 8.92. The Balaban J connectivity index is 0.000000267. The van der Waals surface area contributed by atoms with Crippen LogP contribution in [0.1, 0.15) is 65.8 Å². The van der Waals surface area contributed by atoms with E-state index in [1.54, 1.807) is 47.5 Å². The highest BCUT2D eigenvalue weighted by Gasteiger charge is 2.15. The molecule has 2 N–H and O–H groups in total. The number of hydrogen-bond donors (Lipinski definition) is 2. The molecule has 0 amide bonds. The van der Waals surface area contributed by atoms with Crippen LogP contribution in [0.25, 0.3) is 0 Å². The Morgan fingerprint density at radius 2 is 1.55 bits per heavy atom. The van der Waals surface area contributed by atoms with Gasteiger partial charge < -0.3 is 19.8 Å². The lowest BCUT2D eigenvalue weighted by atomic mass is 9.99. The summed E-state index contributed by atoms with van der Waals surface area (Å²) in [6.45, 7) is 5.23. The van der Waals surface area contributed by atoms with Crippen LogP contribution in [0.15, 0.2) is 78.9 Å². The number of benzene rings is 3. The third-order valence-electron chi connectivity index (χ3n) is 5.92. The SMILES string of the molecule is CCCCC(CC)CN(C)OC(=O)c1ccccc1.O=C(c1ccccc1)c1ccc(OCCO)cc1O. The minimum atomic E-state index is -0.284. The molecule has 3 aromatic rings. The lowest BCUT2D eigenvalue weighted by Crippen LogP contribution is -2.28. The van der Waals surface area contributed by atoms with Crippen molar-refractivity contribution in [1.82, 2.24) is 5.06 Å². The van der Waals surface area contributed by atoms with Crippen molar-refractivity contribution in [3.63, 3.8) is 0 Å². The minimum absolute atomic E-state index is 0.106. The van der Waals surface area contributed by atoms with Gasteiger partial charge in [0, 0.05) is 25.2 Å². The number of carbonyl (C=O) groups is 2. The monoisotopic (exact) mass is 521 g/mol. The molecule has 1 atom stereocenters. The normalized spacial score (nSPS) is 11.3. The number of rotatable bonds is 13. The topological polar surface area (TPSA) is 96.3 Å². The predicted octanol–water partition coefficient (Wildman–Crippen LogP) is 5.90. The average molecular weight is 522 g/mol. The van der Waals surface area contributed by atoms with Gasteiger partial charge in [-0.25, -0.2) is 4.79 Å². The third kappa shape index (κ3) is 10.4. The first-order valence-corrected chi connectivity index (χ1v) is 13.0. The van der Waals surface area contributed by atoms with Crippen LogP contribution in [0, 0.1) is 5.92 Å². The summed E-state index contributed by atoms with van der Waals surface area (Å²) in [6, 6.07) is 22.3. The summed E-state index contributed by atoms with van der Waals surface area (Å²) < 4.78 is 5.16. The Morgan fingerprint density at radius 3 is 2.11 bits per heavy atom. The number of aliphatic hydroxyl groups excluding tert-OH is 1. The molecule has 0 aromatic heterocycles. The molecule has 3 rings (SSSR count). The van der Waals surface area contributed by atoms with Crippen LogP contribution in [0.2, 0.25) is 0 Å². The van der Waals surface area contributed by atoms with Gasteiger partial charge in [-0.2, -0.15) is 0 Å². The number of carbonyl (C=O) groups excluding carboxylic acids is 2. The molecule has 0 saturated heterocycles. The highest BCUT2D eigenvalue weighted by Crippen LogP contribution is 2.25. The molecular weight excluding hydrogens is 482 g/mol. The Bertz CT molecular complexity index is 1100. The number of phenolic OH excluding ortho intramolecular Hbond substituents is 1. The maximum atomic E-state index is 12.2. The van der Waals surface area contributed by atoms with E-state index in [9.17, 15) is 14.7 Å². The smallest absolute Gasteiger partial charge is 0.357 e. The van der Waals surface area contributed by atoms with Crippen LogP contribution >= 0.6 is 0 Å². The lowest BCUT2D eigenvalue weighted by molar-refractivity contribution is -0.0990. The van der Waals surface area contributed by atoms with Crippen LogP contribution in [0.5, 0.6) is 11.5 Å². The number of nitrogens with zero attached hydrogens (tertiary/aromatic N) is 1. The molecule has 1 unspecified atom stereocenters. The van der Waals surface area contributed by atoms with E-state index in [1.165, 1.54) is 31.4 Å². The number of aliphatic hydroxyl groups is 1. The first-order valence-electron chi connectivity index (χ1n) is 13.0. The molecule has 0 saturated carbocycles. The molecule has 3 aromatic carbocycles. The van der Waals surface area contributed by atoms with Crippen LogP contribution in [0.3, 0.4) is 0 Å². The fraction of sp³-hybridized carbons (Fsp3) is 0.355. The van der Waals surface area contributed by atoms with E-state index in [4.69, 9.17) is 14.7 Å². The van der Waals surface area contributed by atoms with Gasteiger partial charge in [0.1, 0.15) is 18.1 Å². The summed E-state index contributed by atoms with van der Waals surface area (Å²) in [5, 5.41) is 20.2. The Labute approximate surface area is 225 Å². The standard InChI is InChI=1S/C16H25NO2.C15H14O4/c1-4-6-10-14(5-2)13-17(3)19-16(18)15-11-8-7-9-12-15;16-8-9-19-12-6-7-13(14(17)10-12)15(18)11-4-2-1-3-5-11/h7-9,11-12,14H,4-6,10,13H2,1-3H3;1-7,10,16-17H,8-9H2. The van der Waals surface area contributed by atoms with Crippen LogP contribution in [-0.2, 0) is 4.84 Å². The highest BCUT2D eigenvalue weighted by molar-refractivity contribution is 6.10. The van der Waals surface area contributed by atoms with Crippen molar-refractivity contribution >= 4 is 11.8 Å². The van der Waals surface area contributed by atoms with E-state index in [-0.39, 0.29) is 36.3 Å². The van der Waals surface area contributed by atoms with Crippen molar-refractivity contribution in [2.24, 2.45) is 5.92 Å². The summed E-state index contributed by atoms with van der Waals surface area (Å²) in [6.07, 6.45) is 4.76. The third-order valence-corrected chi connectivity index (χ3v) is 5.92. The maximum absolute atomic E-state index is 12.2. The van der Waals surface area contributed by atoms with Crippen LogP contribution < -0.4 is 4.74 Å². The first-order chi connectivity index (χ1) is 18.4. The van der Waals surface area contributed by atoms with Gasteiger partial charge in [0.2, 0.25) is 0 Å². The van der Waals surface area contributed by atoms with E-state index in [1.807, 2.05) is 31.3 Å². The minimum Gasteiger partial charge on any atom is -0.507 e. The second-order valence-electron chi connectivity index (χ2n) is 8.92. The molecule has 0 aliphatic carbocycles. The quantitative estimate of drug-likeness (QED) is 0.213. The number of ether oxygens (including phenoxy) is 1. The van der Waals surface area contributed by atoms with E-state index in [0.29, 0.717) is 22.8 Å². The van der Waals surface area contributed by atoms with Crippen molar-refractivity contribution in [3.8, 4) is 11.5 Å². The van der Waals surface area contributed by atoms with Gasteiger partial charge >= 0.3 is 5.97 Å². The number of aromatic hydroxyl groups is 1. The largest absolute Gasteiger partial charge is 0.507 e. The van der Waals surface area contributed by atoms with Crippen molar-refractivity contribution in [3.05, 3.63) is 95.6 Å². The van der Waals surface area contributed by atoms with Gasteiger partial charge in [-0.15, -0.1) is 5.06 Å². The van der Waals surface area contributed by atoms with E-state index < -0.39 is 0 Å². The highest BCUT2D eigenvalue weighted by atomic mass is 16.7. The van der Waals surface area contributed by atoms with Gasteiger partial charge in [-0.05, 0) is 36.6 Å². The molecule has 0 heterocycles. The molecule has 7 heteroatoms. The fourth-order valence-electron chi connectivity index (χ4n) is 3.79. The maximum Gasteiger partial charge on any atom is 0.357 e. The van der Waals surface area contributed by atoms with Gasteiger partial charge in [0.15, 0.2) is 5.78 Å². The Hall–Kier alpha value is -3.68. The Morgan fingerprint density at radius 1 is 0.921 bits per heavy atom. The van der Waals surface area contributed by atoms with Crippen LogP contribution in [-0.4, -0.2) is 53.8 Å². The van der Waals surface area contributed by atoms with E-state index >= 15 is 0 Å². The van der Waals surface area contributed by atoms with Gasteiger partial charge in [-0.3, -0.25) is 4.79 Å². The molecule has 0 aliphatic rings. The zero-order valence-corrected chi connectivity index (χ0v) is 22.5. The summed E-state index contributed by atoms with van der Waals surface area (Å²) >= 11 is 0. The molecular formula is C31H39NO6. The summed E-state index contributed by atoms with van der Waals surface area (Å²) in [4.78, 5) is 29.4. The summed E-state index contributed by atoms with van der Waals surface area (Å²) in [5.41, 5.74) is 1.33. The van der Waals surface area contributed by atoms with Crippen molar-refractivity contribution in [2.45, 2.75) is 39.5 Å². The molecule has 0 spiro atoms. The van der Waals surface area contributed by atoms with Crippen molar-refractivity contribution in [1.29, 1.82) is 0 Å². The van der Waals surface area contributed by atoms with Gasteiger partial charge in [0.05, 0.1) is 17.7 Å². The lowest BCUT2D eigenvalue weighted by Gasteiger charge is -2.22. The molecule has 0 fully saturated rings. The molecule has 204 valence electrons. The first kappa shape index (κ1) is 30.5. The second kappa shape index (κ2) is 16.9. The van der Waals surface area contributed by atoms with Crippen LogP contribution in [0.4, 0.5) is 0 Å². The van der Waals surface area contributed by atoms with Gasteiger partial charge in [-0.1, -0.05) is 81.6 Å². The number of ketones is 1. The number of hydrogen-bond acceptors (Lipinski definition) is 7. The number of phenols is 1. The molecule has 38 heavy (non-hydrogen) atoms. The fourth-order valence-corrected chi connectivity index (χ4v) is 3.79. The van der Waals surface area contributed by atoms with E-state index in [2.05, 4.69) is 13.8 Å². The number of unbranched alkanes of at least 4 members (excludes halogenated alkanes) is 1. The van der Waals surface area contributed by atoms with Gasteiger partial charge in [0.25, 0.3) is 0 Å². The summed E-state index contributed by atoms with van der Waals surface area (Å²) in [7, 11) is 1.83. The van der Waals surface area contributed by atoms with E-state index in [0.717, 1.165) is 13.0 Å². The number of hydroxylamine groups is 2. The molecule has 7 nitrogen and oxygen atoms in total. The zero-order valence-electron chi connectivity index (χ0n) is 22.5. The zero-order chi connectivity index (χ0) is 27.8. The molecule has 0 aliphatic heterocycles. The van der Waals surface area contributed by atoms with Crippen molar-refractivity contribution < 1.29 is 29.4 Å². The predicted molar refractivity (Wildman–Crippen MR) is 148 cm³/mol. The average Bonchev–Trinajstić information content (AvgIpc) is 2.95. The Kier molecular flexibility index (Phi) is 13.6. The summed E-state index contributed by atoms with van der Waals surface area (Å²) in [5.74, 6) is 0.342. The molecule has 0 bridgehead atoms.